The van der Waals surface area contributed by atoms with Crippen LogP contribution in [0.4, 0.5) is 0 Å². The van der Waals surface area contributed by atoms with Crippen LogP contribution in [0, 0.1) is 0 Å². The van der Waals surface area contributed by atoms with Crippen molar-refractivity contribution in [1.82, 2.24) is 9.55 Å². The fourth-order valence-corrected chi connectivity index (χ4v) is 1.83. The predicted octanol–water partition coefficient (Wildman–Crippen LogP) is 2.95. The molecule has 4 nitrogen and oxygen atoms in total. The molecule has 1 aromatic heterocycles. The maximum Gasteiger partial charge on any atom is 0.153 e. The first-order valence-electron chi connectivity index (χ1n) is 5.62. The first kappa shape index (κ1) is 12.6. The summed E-state index contributed by atoms with van der Waals surface area (Å²) in [5.41, 5.74) is 0.442. The van der Waals surface area contributed by atoms with Crippen molar-refractivity contribution in [2.24, 2.45) is 0 Å². The minimum absolute atomic E-state index is 0.323. The van der Waals surface area contributed by atoms with E-state index in [4.69, 9.17) is 16.3 Å². The lowest BCUT2D eigenvalue weighted by Crippen LogP contribution is -2.06. The van der Waals surface area contributed by atoms with E-state index < -0.39 is 0 Å². The van der Waals surface area contributed by atoms with Crippen LogP contribution in [0.5, 0.6) is 5.75 Å². The number of halogens is 1. The molecule has 0 unspecified atom stereocenters. The Hall–Kier alpha value is -1.81. The van der Waals surface area contributed by atoms with E-state index in [9.17, 15) is 4.79 Å². The predicted molar refractivity (Wildman–Crippen MR) is 69.1 cm³/mol. The molecule has 0 aliphatic rings. The van der Waals surface area contributed by atoms with Gasteiger partial charge in [-0.2, -0.15) is 0 Å². The summed E-state index contributed by atoms with van der Waals surface area (Å²) >= 11 is 5.81. The Balaban J connectivity index is 2.13. The molecule has 0 aliphatic heterocycles. The summed E-state index contributed by atoms with van der Waals surface area (Å²) in [4.78, 5) is 15.1. The Morgan fingerprint density at radius 1 is 1.50 bits per heavy atom. The highest BCUT2D eigenvalue weighted by Gasteiger charge is 2.06. The zero-order valence-corrected chi connectivity index (χ0v) is 10.7. The number of aryl methyl sites for hydroxylation is 1. The van der Waals surface area contributed by atoms with Crippen molar-refractivity contribution in [3.63, 3.8) is 0 Å². The number of carbonyl (C=O) groups is 1. The fraction of sp³-hybridized carbons (Fsp3) is 0.231. The second-order valence-corrected chi connectivity index (χ2v) is 4.15. The van der Waals surface area contributed by atoms with E-state index in [1.807, 2.05) is 17.7 Å². The average molecular weight is 265 g/mol. The molecule has 18 heavy (non-hydrogen) atoms. The monoisotopic (exact) mass is 264 g/mol. The molecule has 0 aliphatic carbocycles. The van der Waals surface area contributed by atoms with Crippen LogP contribution in [0.2, 0.25) is 5.02 Å². The van der Waals surface area contributed by atoms with E-state index in [1.54, 1.807) is 24.4 Å². The molecule has 0 saturated heterocycles. The number of carbonyl (C=O) groups excluding carboxylic acids is 1. The van der Waals surface area contributed by atoms with E-state index in [0.717, 1.165) is 18.7 Å². The van der Waals surface area contributed by atoms with Crippen LogP contribution in [0.1, 0.15) is 23.1 Å². The number of nitrogens with zero attached hydrogens (tertiary/aromatic N) is 2. The molecule has 0 radical (unpaired) electrons. The quantitative estimate of drug-likeness (QED) is 0.780. The Bertz CT molecular complexity index is 552. The summed E-state index contributed by atoms with van der Waals surface area (Å²) in [5.74, 6) is 1.34. The lowest BCUT2D eigenvalue weighted by atomic mass is 10.2. The zero-order valence-electron chi connectivity index (χ0n) is 9.97. The third-order valence-corrected chi connectivity index (χ3v) is 2.83. The van der Waals surface area contributed by atoms with Crippen molar-refractivity contribution in [3.8, 4) is 5.75 Å². The number of aromatic nitrogens is 2. The Labute approximate surface area is 110 Å². The maximum atomic E-state index is 10.9. The van der Waals surface area contributed by atoms with Gasteiger partial charge in [0, 0.05) is 24.0 Å². The smallest absolute Gasteiger partial charge is 0.153 e. The summed E-state index contributed by atoms with van der Waals surface area (Å²) < 4.78 is 7.58. The number of hydrogen-bond acceptors (Lipinski definition) is 3. The minimum Gasteiger partial charge on any atom is -0.485 e. The van der Waals surface area contributed by atoms with E-state index in [0.29, 0.717) is 22.9 Å². The van der Waals surface area contributed by atoms with Crippen molar-refractivity contribution in [3.05, 3.63) is 47.0 Å². The van der Waals surface area contributed by atoms with Gasteiger partial charge in [0.1, 0.15) is 18.2 Å². The summed E-state index contributed by atoms with van der Waals surface area (Å²) in [7, 11) is 0. The van der Waals surface area contributed by atoms with E-state index in [-0.39, 0.29) is 0 Å². The van der Waals surface area contributed by atoms with Gasteiger partial charge in [0.25, 0.3) is 0 Å². The summed E-state index contributed by atoms with van der Waals surface area (Å²) in [5, 5.41) is 0.513. The van der Waals surface area contributed by atoms with Crippen molar-refractivity contribution in [2.75, 3.05) is 0 Å². The molecule has 5 heteroatoms. The molecule has 0 atom stereocenters. The third-order valence-electron chi connectivity index (χ3n) is 2.60. The number of ether oxygens (including phenoxy) is 1. The standard InChI is InChI=1S/C13H13ClN2O2/c1-2-16-6-5-15-13(16)9-18-12-4-3-11(14)7-10(12)8-17/h3-8H,2,9H2,1H3. The lowest BCUT2D eigenvalue weighted by molar-refractivity contribution is 0.111. The third kappa shape index (κ3) is 2.71. The SMILES string of the molecule is CCn1ccnc1COc1ccc(Cl)cc1C=O. The van der Waals surface area contributed by atoms with Gasteiger partial charge in [-0.25, -0.2) is 4.98 Å². The normalized spacial score (nSPS) is 10.3. The molecule has 0 N–H and O–H groups in total. The molecule has 1 aromatic carbocycles. The Morgan fingerprint density at radius 3 is 3.06 bits per heavy atom. The van der Waals surface area contributed by atoms with Gasteiger partial charge in [0.2, 0.25) is 0 Å². The highest BCUT2D eigenvalue weighted by Crippen LogP contribution is 2.22. The maximum absolute atomic E-state index is 10.9. The molecule has 0 fully saturated rings. The molecule has 2 aromatic rings. The number of imidazole rings is 1. The van der Waals surface area contributed by atoms with Crippen LogP contribution in [0.25, 0.3) is 0 Å². The van der Waals surface area contributed by atoms with Gasteiger partial charge < -0.3 is 9.30 Å². The average Bonchev–Trinajstić information content (AvgIpc) is 2.84. The zero-order chi connectivity index (χ0) is 13.0. The van der Waals surface area contributed by atoms with Crippen molar-refractivity contribution in [2.45, 2.75) is 20.1 Å². The van der Waals surface area contributed by atoms with Gasteiger partial charge in [-0.05, 0) is 25.1 Å². The number of rotatable bonds is 5. The van der Waals surface area contributed by atoms with E-state index in [1.165, 1.54) is 0 Å². The summed E-state index contributed by atoms with van der Waals surface area (Å²) in [6.07, 6.45) is 4.35. The molecular formula is C13H13ClN2O2. The van der Waals surface area contributed by atoms with Crippen LogP contribution >= 0.6 is 11.6 Å². The second-order valence-electron chi connectivity index (χ2n) is 3.72. The summed E-state index contributed by atoms with van der Waals surface area (Å²) in [6, 6.07) is 4.96. The van der Waals surface area contributed by atoms with Crippen LogP contribution < -0.4 is 4.74 Å². The van der Waals surface area contributed by atoms with Gasteiger partial charge in [0.05, 0.1) is 5.56 Å². The molecule has 1 heterocycles. The van der Waals surface area contributed by atoms with Gasteiger partial charge in [-0.15, -0.1) is 0 Å². The highest BCUT2D eigenvalue weighted by molar-refractivity contribution is 6.30. The van der Waals surface area contributed by atoms with Gasteiger partial charge in [-0.3, -0.25) is 4.79 Å². The molecular weight excluding hydrogens is 252 g/mol. The number of benzene rings is 1. The van der Waals surface area contributed by atoms with Crippen LogP contribution in [-0.4, -0.2) is 15.8 Å². The van der Waals surface area contributed by atoms with Gasteiger partial charge in [0.15, 0.2) is 6.29 Å². The van der Waals surface area contributed by atoms with Gasteiger partial charge in [-0.1, -0.05) is 11.6 Å². The molecule has 0 saturated carbocycles. The largest absolute Gasteiger partial charge is 0.485 e. The molecule has 0 spiro atoms. The van der Waals surface area contributed by atoms with E-state index in [2.05, 4.69) is 4.98 Å². The Kier molecular flexibility index (Phi) is 3.99. The molecule has 0 amide bonds. The number of hydrogen-bond donors (Lipinski definition) is 0. The Morgan fingerprint density at radius 2 is 2.33 bits per heavy atom. The summed E-state index contributed by atoms with van der Waals surface area (Å²) in [6.45, 7) is 3.19. The highest BCUT2D eigenvalue weighted by atomic mass is 35.5. The molecule has 94 valence electrons. The van der Waals surface area contributed by atoms with Crippen molar-refractivity contribution in [1.29, 1.82) is 0 Å². The van der Waals surface area contributed by atoms with Crippen molar-refractivity contribution < 1.29 is 9.53 Å². The van der Waals surface area contributed by atoms with Gasteiger partial charge >= 0.3 is 0 Å². The molecule has 0 bridgehead atoms. The van der Waals surface area contributed by atoms with Crippen molar-refractivity contribution >= 4 is 17.9 Å². The molecule has 2 rings (SSSR count). The lowest BCUT2D eigenvalue weighted by Gasteiger charge is -2.09. The first-order valence-corrected chi connectivity index (χ1v) is 6.00. The topological polar surface area (TPSA) is 44.1 Å². The second kappa shape index (κ2) is 5.69. The van der Waals surface area contributed by atoms with Crippen LogP contribution in [0.3, 0.4) is 0 Å². The fourth-order valence-electron chi connectivity index (χ4n) is 1.65. The number of aldehydes is 1. The van der Waals surface area contributed by atoms with Crippen LogP contribution in [-0.2, 0) is 13.2 Å². The first-order chi connectivity index (χ1) is 8.74. The minimum atomic E-state index is 0.323. The van der Waals surface area contributed by atoms with Crippen LogP contribution in [0.15, 0.2) is 30.6 Å². The van der Waals surface area contributed by atoms with E-state index >= 15 is 0 Å².